The Morgan fingerprint density at radius 1 is 1.20 bits per heavy atom. The van der Waals surface area contributed by atoms with Crippen molar-refractivity contribution in [1.82, 2.24) is 15.0 Å². The summed E-state index contributed by atoms with van der Waals surface area (Å²) in [5.41, 5.74) is 1.77. The van der Waals surface area contributed by atoms with Crippen LogP contribution in [0.2, 0.25) is 5.15 Å². The quantitative estimate of drug-likeness (QED) is 0.873. The Morgan fingerprint density at radius 2 is 1.95 bits per heavy atom. The van der Waals surface area contributed by atoms with E-state index in [0.717, 1.165) is 41.5 Å². The van der Waals surface area contributed by atoms with Crippen LogP contribution in [0.5, 0.6) is 0 Å². The molecule has 1 fully saturated rings. The van der Waals surface area contributed by atoms with Crippen molar-refractivity contribution in [3.05, 3.63) is 33.9 Å². The number of hydrogen-bond acceptors (Lipinski definition) is 5. The standard InChI is InChI=1S/C14H17ClN4O/c1-7-12(15)18-14(10-4-5-10)19-13(7)16-6-11-17-8(2)9(3)20-11/h10H,4-6H2,1-3H3,(H,16,18,19). The van der Waals surface area contributed by atoms with Gasteiger partial charge in [-0.05, 0) is 33.6 Å². The maximum Gasteiger partial charge on any atom is 0.213 e. The molecule has 1 aliphatic rings. The summed E-state index contributed by atoms with van der Waals surface area (Å²) >= 11 is 6.17. The molecule has 1 N–H and O–H groups in total. The minimum absolute atomic E-state index is 0.472. The van der Waals surface area contributed by atoms with Crippen LogP contribution in [0.1, 0.15) is 47.5 Å². The smallest absolute Gasteiger partial charge is 0.213 e. The molecule has 0 aromatic carbocycles. The van der Waals surface area contributed by atoms with Crippen LogP contribution < -0.4 is 5.32 Å². The molecule has 2 heterocycles. The molecule has 0 radical (unpaired) electrons. The Morgan fingerprint density at radius 3 is 2.55 bits per heavy atom. The summed E-state index contributed by atoms with van der Waals surface area (Å²) in [7, 11) is 0. The van der Waals surface area contributed by atoms with Crippen LogP contribution >= 0.6 is 11.6 Å². The monoisotopic (exact) mass is 292 g/mol. The molecule has 0 saturated heterocycles. The van der Waals surface area contributed by atoms with Crippen LogP contribution in [0.15, 0.2) is 4.42 Å². The van der Waals surface area contributed by atoms with Gasteiger partial charge in [0.2, 0.25) is 5.89 Å². The number of anilines is 1. The fourth-order valence-electron chi connectivity index (χ4n) is 1.98. The van der Waals surface area contributed by atoms with E-state index in [9.17, 15) is 0 Å². The molecule has 0 aliphatic heterocycles. The van der Waals surface area contributed by atoms with Crippen molar-refractivity contribution in [1.29, 1.82) is 0 Å². The Labute approximate surface area is 122 Å². The van der Waals surface area contributed by atoms with Crippen molar-refractivity contribution in [2.24, 2.45) is 0 Å². The number of nitrogens with one attached hydrogen (secondary N) is 1. The molecule has 2 aromatic heterocycles. The number of halogens is 1. The van der Waals surface area contributed by atoms with Gasteiger partial charge in [0, 0.05) is 11.5 Å². The first-order chi connectivity index (χ1) is 9.54. The van der Waals surface area contributed by atoms with E-state index in [1.54, 1.807) is 0 Å². The Hall–Kier alpha value is -1.62. The SMILES string of the molecule is Cc1nc(CNc2nc(C3CC3)nc(Cl)c2C)oc1C. The fourth-order valence-corrected chi connectivity index (χ4v) is 2.15. The van der Waals surface area contributed by atoms with Gasteiger partial charge >= 0.3 is 0 Å². The fraction of sp³-hybridized carbons (Fsp3) is 0.500. The second-order valence-corrected chi connectivity index (χ2v) is 5.58. The third kappa shape index (κ3) is 2.63. The first-order valence-corrected chi connectivity index (χ1v) is 7.13. The molecule has 0 spiro atoms. The highest BCUT2D eigenvalue weighted by Gasteiger charge is 2.28. The lowest BCUT2D eigenvalue weighted by molar-refractivity contribution is 0.478. The zero-order valence-corrected chi connectivity index (χ0v) is 12.6. The molecule has 1 aliphatic carbocycles. The third-order valence-electron chi connectivity index (χ3n) is 3.53. The first kappa shape index (κ1) is 13.4. The zero-order chi connectivity index (χ0) is 14.3. The van der Waals surface area contributed by atoms with Gasteiger partial charge in [0.05, 0.1) is 12.2 Å². The van der Waals surface area contributed by atoms with Gasteiger partial charge < -0.3 is 9.73 Å². The molecule has 1 saturated carbocycles. The second-order valence-electron chi connectivity index (χ2n) is 5.22. The van der Waals surface area contributed by atoms with Gasteiger partial charge in [0.15, 0.2) is 0 Å². The normalized spacial score (nSPS) is 14.6. The summed E-state index contributed by atoms with van der Waals surface area (Å²) in [4.78, 5) is 13.2. The summed E-state index contributed by atoms with van der Waals surface area (Å²) in [5, 5.41) is 3.76. The molecule has 20 heavy (non-hydrogen) atoms. The molecular formula is C14H17ClN4O. The molecule has 6 heteroatoms. The number of oxazole rings is 1. The minimum Gasteiger partial charge on any atom is -0.444 e. The summed E-state index contributed by atoms with van der Waals surface area (Å²) < 4.78 is 5.55. The van der Waals surface area contributed by atoms with E-state index in [0.29, 0.717) is 23.5 Å². The van der Waals surface area contributed by atoms with Crippen LogP contribution in [0.25, 0.3) is 0 Å². The van der Waals surface area contributed by atoms with Gasteiger partial charge in [-0.15, -0.1) is 0 Å². The Kier molecular flexibility index (Phi) is 3.38. The van der Waals surface area contributed by atoms with Crippen molar-refractivity contribution in [2.45, 2.75) is 46.1 Å². The van der Waals surface area contributed by atoms with Gasteiger partial charge in [-0.25, -0.2) is 15.0 Å². The lowest BCUT2D eigenvalue weighted by atomic mass is 10.3. The van der Waals surface area contributed by atoms with Crippen LogP contribution in [-0.2, 0) is 6.54 Å². The van der Waals surface area contributed by atoms with Gasteiger partial charge in [0.25, 0.3) is 0 Å². The van der Waals surface area contributed by atoms with Crippen molar-refractivity contribution >= 4 is 17.4 Å². The van der Waals surface area contributed by atoms with Gasteiger partial charge in [-0.1, -0.05) is 11.6 Å². The highest BCUT2D eigenvalue weighted by molar-refractivity contribution is 6.30. The third-order valence-corrected chi connectivity index (χ3v) is 3.89. The number of aryl methyl sites for hydroxylation is 2. The number of hydrogen-bond donors (Lipinski definition) is 1. The van der Waals surface area contributed by atoms with E-state index in [4.69, 9.17) is 16.0 Å². The largest absolute Gasteiger partial charge is 0.444 e. The highest BCUT2D eigenvalue weighted by atomic mass is 35.5. The average molecular weight is 293 g/mol. The lowest BCUT2D eigenvalue weighted by Gasteiger charge is -2.09. The van der Waals surface area contributed by atoms with E-state index in [1.807, 2.05) is 20.8 Å². The minimum atomic E-state index is 0.472. The van der Waals surface area contributed by atoms with E-state index < -0.39 is 0 Å². The molecule has 106 valence electrons. The lowest BCUT2D eigenvalue weighted by Crippen LogP contribution is -2.07. The van der Waals surface area contributed by atoms with E-state index in [2.05, 4.69) is 20.3 Å². The van der Waals surface area contributed by atoms with Gasteiger partial charge in [-0.2, -0.15) is 0 Å². The summed E-state index contributed by atoms with van der Waals surface area (Å²) in [6, 6.07) is 0. The van der Waals surface area contributed by atoms with E-state index >= 15 is 0 Å². The first-order valence-electron chi connectivity index (χ1n) is 6.75. The number of aromatic nitrogens is 3. The molecule has 0 bridgehead atoms. The highest BCUT2D eigenvalue weighted by Crippen LogP contribution is 2.39. The molecule has 3 rings (SSSR count). The van der Waals surface area contributed by atoms with Crippen LogP contribution in [0.4, 0.5) is 5.82 Å². The number of nitrogens with zero attached hydrogens (tertiary/aromatic N) is 3. The van der Waals surface area contributed by atoms with Gasteiger partial charge in [0.1, 0.15) is 22.6 Å². The van der Waals surface area contributed by atoms with Gasteiger partial charge in [-0.3, -0.25) is 0 Å². The average Bonchev–Trinajstić information content (AvgIpc) is 3.19. The Balaban J connectivity index is 1.79. The predicted octanol–water partition coefficient (Wildman–Crippen LogP) is 3.53. The molecular weight excluding hydrogens is 276 g/mol. The summed E-state index contributed by atoms with van der Waals surface area (Å²) in [6.45, 7) is 6.24. The van der Waals surface area contributed by atoms with E-state index in [1.165, 1.54) is 0 Å². The second kappa shape index (κ2) is 5.05. The molecule has 0 atom stereocenters. The van der Waals surface area contributed by atoms with Crippen molar-refractivity contribution < 1.29 is 4.42 Å². The zero-order valence-electron chi connectivity index (χ0n) is 11.8. The number of rotatable bonds is 4. The molecule has 2 aromatic rings. The maximum atomic E-state index is 6.17. The molecule has 0 unspecified atom stereocenters. The maximum absolute atomic E-state index is 6.17. The Bertz CT molecular complexity index is 629. The predicted molar refractivity (Wildman–Crippen MR) is 77.1 cm³/mol. The topological polar surface area (TPSA) is 63.8 Å². The van der Waals surface area contributed by atoms with Crippen LogP contribution in [0, 0.1) is 20.8 Å². The van der Waals surface area contributed by atoms with Crippen LogP contribution in [0.3, 0.4) is 0 Å². The van der Waals surface area contributed by atoms with Crippen molar-refractivity contribution in [3.8, 4) is 0 Å². The van der Waals surface area contributed by atoms with E-state index in [-0.39, 0.29) is 0 Å². The summed E-state index contributed by atoms with van der Waals surface area (Å²) in [5.74, 6) is 3.57. The van der Waals surface area contributed by atoms with Crippen LogP contribution in [-0.4, -0.2) is 15.0 Å². The van der Waals surface area contributed by atoms with Crippen molar-refractivity contribution in [3.63, 3.8) is 0 Å². The molecule has 0 amide bonds. The molecule has 5 nitrogen and oxygen atoms in total. The van der Waals surface area contributed by atoms with Crippen molar-refractivity contribution in [2.75, 3.05) is 5.32 Å². The summed E-state index contributed by atoms with van der Waals surface area (Å²) in [6.07, 6.45) is 2.30.